The molecular formula is C14H14F3N3. The number of hydrogen-bond acceptors (Lipinski definition) is 2. The summed E-state index contributed by atoms with van der Waals surface area (Å²) in [5.41, 5.74) is 0.506. The summed E-state index contributed by atoms with van der Waals surface area (Å²) in [7, 11) is 0. The molecule has 0 bridgehead atoms. The van der Waals surface area contributed by atoms with E-state index in [-0.39, 0.29) is 11.8 Å². The molecule has 0 amide bonds. The molecule has 2 heterocycles. The van der Waals surface area contributed by atoms with Crippen LogP contribution in [0.3, 0.4) is 0 Å². The normalized spacial score (nSPS) is 12.7. The van der Waals surface area contributed by atoms with Gasteiger partial charge in [-0.05, 0) is 12.1 Å². The van der Waals surface area contributed by atoms with Crippen molar-refractivity contribution in [1.29, 1.82) is 5.26 Å². The zero-order chi connectivity index (χ0) is 15.1. The fraction of sp³-hybridized carbons (Fsp3) is 0.429. The van der Waals surface area contributed by atoms with Crippen LogP contribution in [0.1, 0.15) is 37.7 Å². The Balaban J connectivity index is 2.75. The second-order valence-corrected chi connectivity index (χ2v) is 5.64. The zero-order valence-corrected chi connectivity index (χ0v) is 11.4. The Morgan fingerprint density at radius 1 is 1.25 bits per heavy atom. The molecule has 3 nitrogen and oxygen atoms in total. The molecule has 0 aliphatic rings. The molecular weight excluding hydrogens is 267 g/mol. The van der Waals surface area contributed by atoms with Gasteiger partial charge in [-0.25, -0.2) is 4.98 Å². The van der Waals surface area contributed by atoms with E-state index in [0.29, 0.717) is 17.0 Å². The highest BCUT2D eigenvalue weighted by Gasteiger charge is 2.32. The number of imidazole rings is 1. The first-order valence-electron chi connectivity index (χ1n) is 6.10. The number of nitrogens with zero attached hydrogens (tertiary/aromatic N) is 3. The molecule has 0 saturated heterocycles. The summed E-state index contributed by atoms with van der Waals surface area (Å²) in [4.78, 5) is 4.37. The van der Waals surface area contributed by atoms with E-state index in [4.69, 9.17) is 5.26 Å². The van der Waals surface area contributed by atoms with Crippen molar-refractivity contribution in [2.24, 2.45) is 0 Å². The second kappa shape index (κ2) is 4.51. The molecule has 20 heavy (non-hydrogen) atoms. The molecule has 0 atom stereocenters. The van der Waals surface area contributed by atoms with Crippen LogP contribution >= 0.6 is 0 Å². The van der Waals surface area contributed by atoms with E-state index < -0.39 is 11.7 Å². The average molecular weight is 281 g/mol. The van der Waals surface area contributed by atoms with Crippen molar-refractivity contribution >= 4 is 5.65 Å². The summed E-state index contributed by atoms with van der Waals surface area (Å²) in [5, 5.41) is 8.90. The molecule has 0 spiro atoms. The second-order valence-electron chi connectivity index (χ2n) is 5.64. The van der Waals surface area contributed by atoms with Gasteiger partial charge in [0.1, 0.15) is 5.65 Å². The molecule has 106 valence electrons. The summed E-state index contributed by atoms with van der Waals surface area (Å²) in [5.74, 6) is 0. The molecule has 0 fully saturated rings. The van der Waals surface area contributed by atoms with Gasteiger partial charge in [0.2, 0.25) is 0 Å². The Hall–Kier alpha value is -2.03. The number of halogens is 3. The van der Waals surface area contributed by atoms with Crippen LogP contribution in [0.4, 0.5) is 13.2 Å². The Morgan fingerprint density at radius 2 is 1.90 bits per heavy atom. The molecule has 0 aliphatic carbocycles. The lowest BCUT2D eigenvalue weighted by Crippen LogP contribution is -2.15. The van der Waals surface area contributed by atoms with E-state index in [9.17, 15) is 13.2 Å². The van der Waals surface area contributed by atoms with E-state index in [1.165, 1.54) is 10.5 Å². The number of pyridine rings is 1. The standard InChI is InChI=1S/C14H14F3N3/c1-13(2,3)12-10(6-7-18)20-8-9(14(15,16)17)4-5-11(20)19-12/h4-5,8H,6H2,1-3H3. The summed E-state index contributed by atoms with van der Waals surface area (Å²) in [6.45, 7) is 5.75. The monoisotopic (exact) mass is 281 g/mol. The van der Waals surface area contributed by atoms with Gasteiger partial charge >= 0.3 is 6.18 Å². The highest BCUT2D eigenvalue weighted by molar-refractivity contribution is 5.47. The Bertz CT molecular complexity index is 684. The van der Waals surface area contributed by atoms with E-state index in [1.807, 2.05) is 26.8 Å². The van der Waals surface area contributed by atoms with Crippen LogP contribution in [0.15, 0.2) is 18.3 Å². The number of alkyl halides is 3. The quantitative estimate of drug-likeness (QED) is 0.799. The van der Waals surface area contributed by atoms with Gasteiger partial charge in [-0.2, -0.15) is 18.4 Å². The van der Waals surface area contributed by atoms with Crippen LogP contribution in [0, 0.1) is 11.3 Å². The third kappa shape index (κ3) is 2.48. The van der Waals surface area contributed by atoms with E-state index in [1.54, 1.807) is 0 Å². The zero-order valence-electron chi connectivity index (χ0n) is 11.4. The largest absolute Gasteiger partial charge is 0.417 e. The molecule has 2 aromatic heterocycles. The number of rotatable bonds is 1. The number of nitriles is 1. The molecule has 2 rings (SSSR count). The third-order valence-corrected chi connectivity index (χ3v) is 3.00. The van der Waals surface area contributed by atoms with Gasteiger partial charge in [-0.3, -0.25) is 0 Å². The minimum absolute atomic E-state index is 0.0229. The number of hydrogen-bond donors (Lipinski definition) is 0. The van der Waals surface area contributed by atoms with Crippen LogP contribution in [-0.4, -0.2) is 9.38 Å². The maximum atomic E-state index is 12.8. The molecule has 0 aromatic carbocycles. The summed E-state index contributed by atoms with van der Waals surface area (Å²) >= 11 is 0. The van der Waals surface area contributed by atoms with Gasteiger partial charge in [0.15, 0.2) is 0 Å². The van der Waals surface area contributed by atoms with Gasteiger partial charge in [0.25, 0.3) is 0 Å². The molecule has 2 aromatic rings. The Labute approximate surface area is 114 Å². The Morgan fingerprint density at radius 3 is 2.40 bits per heavy atom. The van der Waals surface area contributed by atoms with E-state index in [0.717, 1.165) is 12.3 Å². The van der Waals surface area contributed by atoms with Crippen molar-refractivity contribution in [2.75, 3.05) is 0 Å². The van der Waals surface area contributed by atoms with Crippen molar-refractivity contribution in [2.45, 2.75) is 38.8 Å². The highest BCUT2D eigenvalue weighted by atomic mass is 19.4. The SMILES string of the molecule is CC(C)(C)c1nc2ccc(C(F)(F)F)cn2c1CC#N. The lowest BCUT2D eigenvalue weighted by molar-refractivity contribution is -0.137. The van der Waals surface area contributed by atoms with Crippen molar-refractivity contribution in [1.82, 2.24) is 9.38 Å². The lowest BCUT2D eigenvalue weighted by Gasteiger charge is -2.17. The predicted molar refractivity (Wildman–Crippen MR) is 68.2 cm³/mol. The van der Waals surface area contributed by atoms with E-state index >= 15 is 0 Å². The van der Waals surface area contributed by atoms with Crippen LogP contribution < -0.4 is 0 Å². The van der Waals surface area contributed by atoms with Gasteiger partial charge < -0.3 is 4.40 Å². The molecule has 0 radical (unpaired) electrons. The maximum absolute atomic E-state index is 12.8. The first kappa shape index (κ1) is 14.4. The van der Waals surface area contributed by atoms with Gasteiger partial charge in [0, 0.05) is 11.6 Å². The average Bonchev–Trinajstić information content (AvgIpc) is 2.67. The maximum Gasteiger partial charge on any atom is 0.417 e. The minimum atomic E-state index is -4.41. The topological polar surface area (TPSA) is 41.1 Å². The number of fused-ring (bicyclic) bond motifs is 1. The van der Waals surface area contributed by atoms with E-state index in [2.05, 4.69) is 4.98 Å². The van der Waals surface area contributed by atoms with Crippen molar-refractivity contribution < 1.29 is 13.2 Å². The van der Waals surface area contributed by atoms with Crippen LogP contribution in [0.2, 0.25) is 0 Å². The fourth-order valence-corrected chi connectivity index (χ4v) is 2.11. The predicted octanol–water partition coefficient (Wildman–Crippen LogP) is 3.72. The van der Waals surface area contributed by atoms with Crippen molar-refractivity contribution in [3.05, 3.63) is 35.3 Å². The molecule has 0 aliphatic heterocycles. The van der Waals surface area contributed by atoms with Crippen LogP contribution in [0.5, 0.6) is 0 Å². The molecule has 6 heteroatoms. The van der Waals surface area contributed by atoms with Crippen molar-refractivity contribution in [3.63, 3.8) is 0 Å². The first-order chi connectivity index (χ1) is 9.14. The van der Waals surface area contributed by atoms with Gasteiger partial charge in [-0.15, -0.1) is 0 Å². The van der Waals surface area contributed by atoms with Gasteiger partial charge in [-0.1, -0.05) is 20.8 Å². The molecule has 0 saturated carbocycles. The molecule has 0 unspecified atom stereocenters. The Kier molecular flexibility index (Phi) is 3.24. The number of aromatic nitrogens is 2. The van der Waals surface area contributed by atoms with Gasteiger partial charge in [0.05, 0.1) is 29.4 Å². The summed E-state index contributed by atoms with van der Waals surface area (Å²) in [6, 6.07) is 4.33. The van der Waals surface area contributed by atoms with Crippen molar-refractivity contribution in [3.8, 4) is 6.07 Å². The third-order valence-electron chi connectivity index (χ3n) is 3.00. The fourth-order valence-electron chi connectivity index (χ4n) is 2.11. The van der Waals surface area contributed by atoms with Crippen LogP contribution in [-0.2, 0) is 18.0 Å². The highest BCUT2D eigenvalue weighted by Crippen LogP contribution is 2.31. The lowest BCUT2D eigenvalue weighted by atomic mass is 9.90. The minimum Gasteiger partial charge on any atom is -0.302 e. The summed E-state index contributed by atoms with van der Waals surface area (Å²) in [6.07, 6.45) is -3.39. The molecule has 0 N–H and O–H groups in total. The smallest absolute Gasteiger partial charge is 0.302 e. The summed E-state index contributed by atoms with van der Waals surface area (Å²) < 4.78 is 39.7. The van der Waals surface area contributed by atoms with Crippen LogP contribution in [0.25, 0.3) is 5.65 Å². The first-order valence-corrected chi connectivity index (χ1v) is 6.10.